The Hall–Kier alpha value is 0.970. The van der Waals surface area contributed by atoms with Crippen LogP contribution in [-0.4, -0.2) is 59.7 Å². The molecule has 0 aromatic rings. The van der Waals surface area contributed by atoms with E-state index in [4.69, 9.17) is 34.0 Å². The van der Waals surface area contributed by atoms with Crippen molar-refractivity contribution in [1.29, 1.82) is 0 Å². The van der Waals surface area contributed by atoms with Crippen LogP contribution in [0.1, 0.15) is 0 Å². The summed E-state index contributed by atoms with van der Waals surface area (Å²) < 4.78 is 34.0. The van der Waals surface area contributed by atoms with Crippen LogP contribution in [0.5, 0.6) is 0 Å². The Balaban J connectivity index is -0.000000242. The SMILES string of the molecule is OCCN(CCO)CCO.[Na+].[O-][Cl+3]([O-])([O-])[O-]. The van der Waals surface area contributed by atoms with Gasteiger partial charge in [-0.05, 0) is 0 Å². The van der Waals surface area contributed by atoms with Crippen LogP contribution in [0.25, 0.3) is 0 Å². The Kier molecular flexibility index (Phi) is 19.4. The molecule has 0 bridgehead atoms. The molecule has 0 heterocycles. The zero-order valence-electron chi connectivity index (χ0n) is 9.04. The van der Waals surface area contributed by atoms with E-state index in [0.29, 0.717) is 19.6 Å². The van der Waals surface area contributed by atoms with Crippen LogP contribution in [0.4, 0.5) is 0 Å². The fourth-order valence-corrected chi connectivity index (χ4v) is 0.760. The summed E-state index contributed by atoms with van der Waals surface area (Å²) >= 11 is 0. The van der Waals surface area contributed by atoms with E-state index in [1.807, 2.05) is 0 Å². The van der Waals surface area contributed by atoms with Gasteiger partial charge in [-0.2, -0.15) is 0 Å². The van der Waals surface area contributed by atoms with E-state index >= 15 is 0 Å². The van der Waals surface area contributed by atoms with E-state index in [1.54, 1.807) is 4.90 Å². The van der Waals surface area contributed by atoms with Crippen LogP contribution in [0.15, 0.2) is 0 Å². The molecule has 0 rings (SSSR count). The molecule has 0 atom stereocenters. The fourth-order valence-electron chi connectivity index (χ4n) is 0.760. The van der Waals surface area contributed by atoms with E-state index in [1.165, 1.54) is 0 Å². The largest absolute Gasteiger partial charge is 1.00 e. The van der Waals surface area contributed by atoms with E-state index in [0.717, 1.165) is 0 Å². The summed E-state index contributed by atoms with van der Waals surface area (Å²) in [7, 11) is -4.94. The first-order valence-electron chi connectivity index (χ1n) is 4.01. The van der Waals surface area contributed by atoms with Gasteiger partial charge in [-0.3, -0.25) is 4.90 Å². The molecule has 0 fully saturated rings. The molecule has 0 unspecified atom stereocenters. The van der Waals surface area contributed by atoms with Crippen LogP contribution >= 0.6 is 0 Å². The standard InChI is InChI=1S/C6H15NO3.ClHO4.Na/c8-4-1-7(2-5-9)3-6-10;2-1(3,4)5;/h8-10H,1-6H2;(H,2,3,4,5);/q;;+1/p-1. The summed E-state index contributed by atoms with van der Waals surface area (Å²) in [5.74, 6) is 0. The summed E-state index contributed by atoms with van der Waals surface area (Å²) in [6.45, 7) is 1.75. The molecule has 16 heavy (non-hydrogen) atoms. The van der Waals surface area contributed by atoms with Crippen LogP contribution in [0.3, 0.4) is 0 Å². The molecule has 0 saturated heterocycles. The van der Waals surface area contributed by atoms with Crippen molar-refractivity contribution < 1.29 is 73.8 Å². The van der Waals surface area contributed by atoms with Crippen molar-refractivity contribution in [2.45, 2.75) is 0 Å². The first-order chi connectivity index (χ1) is 6.85. The molecule has 3 N–H and O–H groups in total. The van der Waals surface area contributed by atoms with E-state index < -0.39 is 10.2 Å². The number of aliphatic hydroxyl groups excluding tert-OH is 3. The predicted octanol–water partition coefficient (Wildman–Crippen LogP) is -9.49. The van der Waals surface area contributed by atoms with Gasteiger partial charge in [0.05, 0.1) is 19.8 Å². The number of nitrogens with zero attached hydrogens (tertiary/aromatic N) is 1. The van der Waals surface area contributed by atoms with Gasteiger partial charge in [0, 0.05) is 19.6 Å². The molecule has 10 heteroatoms. The Bertz CT molecular complexity index is 116. The number of hydrogen-bond donors (Lipinski definition) is 3. The van der Waals surface area contributed by atoms with Gasteiger partial charge < -0.3 is 15.3 Å². The third-order valence-corrected chi connectivity index (χ3v) is 1.25. The number of aliphatic hydroxyl groups is 3. The van der Waals surface area contributed by atoms with Crippen LogP contribution < -0.4 is 48.2 Å². The van der Waals surface area contributed by atoms with Crippen molar-refractivity contribution in [3.05, 3.63) is 0 Å². The van der Waals surface area contributed by atoms with Gasteiger partial charge in [0.15, 0.2) is 0 Å². The van der Waals surface area contributed by atoms with Crippen molar-refractivity contribution in [3.63, 3.8) is 0 Å². The fraction of sp³-hybridized carbons (Fsp3) is 1.00. The topological polar surface area (TPSA) is 156 Å². The summed E-state index contributed by atoms with van der Waals surface area (Å²) in [5, 5.41) is 25.5. The van der Waals surface area contributed by atoms with Gasteiger partial charge in [0.25, 0.3) is 0 Å². The van der Waals surface area contributed by atoms with Crippen LogP contribution in [-0.2, 0) is 0 Å². The average molecular weight is 272 g/mol. The number of halogens is 1. The van der Waals surface area contributed by atoms with E-state index in [2.05, 4.69) is 0 Å². The molecule has 0 aliphatic carbocycles. The molecule has 0 aliphatic rings. The third kappa shape index (κ3) is 29.4. The average Bonchev–Trinajstić information content (AvgIpc) is 2.02. The number of hydrogen-bond acceptors (Lipinski definition) is 8. The molecule has 0 amide bonds. The van der Waals surface area contributed by atoms with Crippen molar-refractivity contribution in [1.82, 2.24) is 4.90 Å². The minimum atomic E-state index is -4.94. The van der Waals surface area contributed by atoms with Crippen LogP contribution in [0, 0.1) is 10.2 Å². The molecule has 8 nitrogen and oxygen atoms in total. The monoisotopic (exact) mass is 271 g/mol. The van der Waals surface area contributed by atoms with Gasteiger partial charge in [-0.15, -0.1) is 10.2 Å². The maximum absolute atomic E-state index is 8.49. The molecule has 0 saturated carbocycles. The van der Waals surface area contributed by atoms with Crippen LogP contribution in [0.2, 0.25) is 0 Å². The second-order valence-electron chi connectivity index (χ2n) is 2.39. The molecule has 0 aliphatic heterocycles. The van der Waals surface area contributed by atoms with Crippen molar-refractivity contribution in [2.24, 2.45) is 0 Å². The Morgan fingerprint density at radius 3 is 1.06 bits per heavy atom. The van der Waals surface area contributed by atoms with E-state index in [9.17, 15) is 0 Å². The van der Waals surface area contributed by atoms with Crippen molar-refractivity contribution in [3.8, 4) is 0 Å². The maximum atomic E-state index is 8.49. The van der Waals surface area contributed by atoms with Gasteiger partial charge in [0.1, 0.15) is 0 Å². The van der Waals surface area contributed by atoms with Gasteiger partial charge in [-0.25, -0.2) is 18.6 Å². The first-order valence-corrected chi connectivity index (χ1v) is 5.25. The van der Waals surface area contributed by atoms with Gasteiger partial charge >= 0.3 is 29.6 Å². The molecule has 0 radical (unpaired) electrons. The zero-order valence-corrected chi connectivity index (χ0v) is 11.8. The van der Waals surface area contributed by atoms with E-state index in [-0.39, 0.29) is 49.4 Å². The minimum Gasteiger partial charge on any atom is -0.395 e. The van der Waals surface area contributed by atoms with Gasteiger partial charge in [-0.1, -0.05) is 0 Å². The molecule has 0 spiro atoms. The smallest absolute Gasteiger partial charge is 0.395 e. The first kappa shape index (κ1) is 22.2. The zero-order chi connectivity index (χ0) is 12.3. The quantitative estimate of drug-likeness (QED) is 0.402. The van der Waals surface area contributed by atoms with Crippen molar-refractivity contribution >= 4 is 0 Å². The van der Waals surface area contributed by atoms with Crippen molar-refractivity contribution in [2.75, 3.05) is 39.5 Å². The Labute approximate surface area is 118 Å². The molecule has 94 valence electrons. The predicted molar refractivity (Wildman–Crippen MR) is 37.7 cm³/mol. The molecule has 0 aromatic carbocycles. The molecular weight excluding hydrogens is 257 g/mol. The number of rotatable bonds is 6. The third-order valence-electron chi connectivity index (χ3n) is 1.25. The molecular formula is C6H15ClNNaO7. The second-order valence-corrected chi connectivity index (χ2v) is 3.15. The Morgan fingerprint density at radius 2 is 0.938 bits per heavy atom. The normalized spacial score (nSPS) is 10.5. The summed E-state index contributed by atoms with van der Waals surface area (Å²) in [6, 6.07) is 0. The summed E-state index contributed by atoms with van der Waals surface area (Å²) in [5.41, 5.74) is 0. The maximum Gasteiger partial charge on any atom is 1.00 e. The molecule has 0 aromatic heterocycles. The van der Waals surface area contributed by atoms with Gasteiger partial charge in [0.2, 0.25) is 0 Å². The second kappa shape index (κ2) is 14.0. The Morgan fingerprint density at radius 1 is 0.750 bits per heavy atom. The minimum absolute atomic E-state index is 0. The summed E-state index contributed by atoms with van der Waals surface area (Å²) in [4.78, 5) is 1.79. The summed E-state index contributed by atoms with van der Waals surface area (Å²) in [6.07, 6.45) is 0.